The predicted molar refractivity (Wildman–Crippen MR) is 68.9 cm³/mol. The number of rotatable bonds is 4. The van der Waals surface area contributed by atoms with Gasteiger partial charge in [0.15, 0.2) is 0 Å². The fraction of sp³-hybridized carbons (Fsp3) is 0.571. The van der Waals surface area contributed by atoms with Gasteiger partial charge in [0.05, 0.1) is 0 Å². The van der Waals surface area contributed by atoms with Crippen LogP contribution in [0.5, 0.6) is 0 Å². The molecule has 0 radical (unpaired) electrons. The highest BCUT2D eigenvalue weighted by Crippen LogP contribution is 2.25. The lowest BCUT2D eigenvalue weighted by molar-refractivity contribution is 0.200. The molecule has 2 heteroatoms. The molecule has 2 nitrogen and oxygen atoms in total. The minimum absolute atomic E-state index is 0.0702. The van der Waals surface area contributed by atoms with Crippen molar-refractivity contribution in [2.75, 3.05) is 6.61 Å². The minimum Gasteiger partial charge on any atom is -0.492 e. The molecule has 0 heterocycles. The van der Waals surface area contributed by atoms with Gasteiger partial charge in [-0.25, -0.2) is 0 Å². The van der Waals surface area contributed by atoms with Crippen molar-refractivity contribution in [1.82, 2.24) is 0 Å². The zero-order valence-electron chi connectivity index (χ0n) is 10.7. The fourth-order valence-electron chi connectivity index (χ4n) is 1.64. The van der Waals surface area contributed by atoms with Crippen LogP contribution in [-0.4, -0.2) is 12.6 Å². The van der Waals surface area contributed by atoms with Crippen molar-refractivity contribution in [3.8, 4) is 0 Å². The maximum Gasteiger partial charge on any atom is 0.119 e. The zero-order chi connectivity index (χ0) is 12.1. The van der Waals surface area contributed by atoms with Gasteiger partial charge in [-0.15, -0.1) is 0 Å². The average Bonchev–Trinajstić information content (AvgIpc) is 2.36. The van der Waals surface area contributed by atoms with E-state index in [0.717, 1.165) is 5.76 Å². The van der Waals surface area contributed by atoms with Crippen LogP contribution in [-0.2, 0) is 4.74 Å². The van der Waals surface area contributed by atoms with Gasteiger partial charge in [0.25, 0.3) is 0 Å². The Labute approximate surface area is 98.9 Å². The van der Waals surface area contributed by atoms with Crippen LogP contribution in [0.25, 0.3) is 0 Å². The summed E-state index contributed by atoms with van der Waals surface area (Å²) in [5, 5.41) is 0. The van der Waals surface area contributed by atoms with Crippen LogP contribution in [0.15, 0.2) is 35.6 Å². The zero-order valence-corrected chi connectivity index (χ0v) is 10.7. The van der Waals surface area contributed by atoms with Crippen molar-refractivity contribution in [1.29, 1.82) is 0 Å². The Hall–Kier alpha value is -1.02. The van der Waals surface area contributed by atoms with Crippen molar-refractivity contribution in [3.63, 3.8) is 0 Å². The molecule has 2 N–H and O–H groups in total. The molecule has 1 aliphatic rings. The number of hydrogen-bond donors (Lipinski definition) is 1. The van der Waals surface area contributed by atoms with E-state index >= 15 is 0 Å². The molecular formula is C14H23NO. The third-order valence-electron chi connectivity index (χ3n) is 2.51. The normalized spacial score (nSPS) is 22.5. The molecule has 0 aliphatic heterocycles. The van der Waals surface area contributed by atoms with Crippen LogP contribution in [0.3, 0.4) is 0 Å². The van der Waals surface area contributed by atoms with E-state index in [1.165, 1.54) is 5.57 Å². The predicted octanol–water partition coefficient (Wildman–Crippen LogP) is 3.02. The van der Waals surface area contributed by atoms with E-state index in [9.17, 15) is 0 Å². The van der Waals surface area contributed by atoms with Gasteiger partial charge in [0.2, 0.25) is 0 Å². The molecule has 1 aliphatic carbocycles. The first kappa shape index (κ1) is 13.0. The molecule has 0 bridgehead atoms. The number of nitrogens with two attached hydrogens (primary N) is 1. The van der Waals surface area contributed by atoms with Gasteiger partial charge in [0.1, 0.15) is 12.4 Å². The second-order valence-corrected chi connectivity index (χ2v) is 4.84. The van der Waals surface area contributed by atoms with Crippen LogP contribution in [0.4, 0.5) is 0 Å². The highest BCUT2D eigenvalue weighted by Gasteiger charge is 2.13. The SMILES string of the molecule is CC1C=CC=C(C(C)C)C(OCC(C)N)=C1. The number of allylic oxidation sites excluding steroid dienone is 5. The third kappa shape index (κ3) is 3.86. The molecule has 0 aromatic heterocycles. The Bertz CT molecular complexity index is 311. The summed E-state index contributed by atoms with van der Waals surface area (Å²) < 4.78 is 5.80. The van der Waals surface area contributed by atoms with E-state index < -0.39 is 0 Å². The summed E-state index contributed by atoms with van der Waals surface area (Å²) in [7, 11) is 0. The van der Waals surface area contributed by atoms with E-state index in [4.69, 9.17) is 10.5 Å². The molecule has 1 rings (SSSR count). The second-order valence-electron chi connectivity index (χ2n) is 4.84. The van der Waals surface area contributed by atoms with Gasteiger partial charge < -0.3 is 10.5 Å². The molecule has 2 unspecified atom stereocenters. The lowest BCUT2D eigenvalue weighted by Gasteiger charge is -2.18. The summed E-state index contributed by atoms with van der Waals surface area (Å²) in [4.78, 5) is 0. The molecule has 0 amide bonds. The van der Waals surface area contributed by atoms with Crippen LogP contribution in [0, 0.1) is 11.8 Å². The highest BCUT2D eigenvalue weighted by atomic mass is 16.5. The lowest BCUT2D eigenvalue weighted by atomic mass is 10.0. The molecule has 2 atom stereocenters. The van der Waals surface area contributed by atoms with Crippen LogP contribution in [0.1, 0.15) is 27.7 Å². The van der Waals surface area contributed by atoms with Gasteiger partial charge in [-0.1, -0.05) is 39.0 Å². The summed E-state index contributed by atoms with van der Waals surface area (Å²) in [6.45, 7) is 9.04. The smallest absolute Gasteiger partial charge is 0.119 e. The van der Waals surface area contributed by atoms with Gasteiger partial charge >= 0.3 is 0 Å². The molecule has 0 saturated heterocycles. The van der Waals surface area contributed by atoms with Crippen molar-refractivity contribution < 1.29 is 4.74 Å². The summed E-state index contributed by atoms with van der Waals surface area (Å²) in [6, 6.07) is 0.0702. The van der Waals surface area contributed by atoms with Crippen molar-refractivity contribution in [2.24, 2.45) is 17.6 Å². The Kier molecular flexibility index (Phi) is 4.81. The maximum absolute atomic E-state index is 5.80. The summed E-state index contributed by atoms with van der Waals surface area (Å²) in [5.74, 6) is 1.87. The Morgan fingerprint density at radius 3 is 2.62 bits per heavy atom. The maximum atomic E-state index is 5.80. The Balaban J connectivity index is 2.82. The van der Waals surface area contributed by atoms with Crippen molar-refractivity contribution in [2.45, 2.75) is 33.7 Å². The molecule has 0 aromatic carbocycles. The molecule has 0 spiro atoms. The topological polar surface area (TPSA) is 35.2 Å². The summed E-state index contributed by atoms with van der Waals surface area (Å²) >= 11 is 0. The van der Waals surface area contributed by atoms with E-state index in [1.54, 1.807) is 0 Å². The standard InChI is InChI=1S/C14H23NO/c1-10(2)13-7-5-6-11(3)8-14(13)16-9-12(4)15/h5-8,10-12H,9,15H2,1-4H3. The molecule has 90 valence electrons. The van der Waals surface area contributed by atoms with Crippen LogP contribution >= 0.6 is 0 Å². The second kappa shape index (κ2) is 5.90. The quantitative estimate of drug-likeness (QED) is 0.792. The van der Waals surface area contributed by atoms with Gasteiger partial charge in [0, 0.05) is 6.04 Å². The molecular weight excluding hydrogens is 198 g/mol. The fourth-order valence-corrected chi connectivity index (χ4v) is 1.64. The van der Waals surface area contributed by atoms with Crippen LogP contribution < -0.4 is 5.73 Å². The molecule has 16 heavy (non-hydrogen) atoms. The lowest BCUT2D eigenvalue weighted by Crippen LogP contribution is -2.22. The molecule has 0 saturated carbocycles. The van der Waals surface area contributed by atoms with Crippen molar-refractivity contribution >= 4 is 0 Å². The van der Waals surface area contributed by atoms with Gasteiger partial charge in [-0.3, -0.25) is 0 Å². The first-order valence-corrected chi connectivity index (χ1v) is 5.99. The van der Waals surface area contributed by atoms with Gasteiger partial charge in [-0.2, -0.15) is 0 Å². The largest absolute Gasteiger partial charge is 0.492 e. The minimum atomic E-state index is 0.0702. The van der Waals surface area contributed by atoms with E-state index in [2.05, 4.69) is 45.1 Å². The first-order chi connectivity index (χ1) is 7.50. The van der Waals surface area contributed by atoms with E-state index in [1.807, 2.05) is 6.92 Å². The Morgan fingerprint density at radius 1 is 1.38 bits per heavy atom. The molecule has 0 aromatic rings. The summed E-state index contributed by atoms with van der Waals surface area (Å²) in [6.07, 6.45) is 8.59. The van der Waals surface area contributed by atoms with E-state index in [-0.39, 0.29) is 6.04 Å². The summed E-state index contributed by atoms with van der Waals surface area (Å²) in [5.41, 5.74) is 6.97. The van der Waals surface area contributed by atoms with Crippen LogP contribution in [0.2, 0.25) is 0 Å². The van der Waals surface area contributed by atoms with E-state index in [0.29, 0.717) is 18.4 Å². The first-order valence-electron chi connectivity index (χ1n) is 5.99. The highest BCUT2D eigenvalue weighted by molar-refractivity contribution is 5.34. The monoisotopic (exact) mass is 221 g/mol. The molecule has 0 fully saturated rings. The number of hydrogen-bond acceptors (Lipinski definition) is 2. The van der Waals surface area contributed by atoms with Crippen molar-refractivity contribution in [3.05, 3.63) is 35.6 Å². The Morgan fingerprint density at radius 2 is 2.06 bits per heavy atom. The van der Waals surface area contributed by atoms with Gasteiger partial charge in [-0.05, 0) is 30.4 Å². The average molecular weight is 221 g/mol. The number of ether oxygens (including phenoxy) is 1. The third-order valence-corrected chi connectivity index (χ3v) is 2.51.